The van der Waals surface area contributed by atoms with Gasteiger partial charge in [0.1, 0.15) is 16.3 Å². The molecule has 3 aromatic rings. The zero-order chi connectivity index (χ0) is 24.7. The predicted octanol–water partition coefficient (Wildman–Crippen LogP) is 7.75. The Bertz CT molecular complexity index is 1210. The van der Waals surface area contributed by atoms with Gasteiger partial charge in [0.05, 0.1) is 11.6 Å². The Hall–Kier alpha value is -3.07. The van der Waals surface area contributed by atoms with Crippen LogP contribution in [0.4, 0.5) is 0 Å². The van der Waals surface area contributed by atoms with Crippen LogP contribution in [0.1, 0.15) is 39.0 Å². The number of nitrogens with zero attached hydrogens (tertiary/aromatic N) is 2. The first kappa shape index (κ1) is 25.6. The van der Waals surface area contributed by atoms with Crippen LogP contribution in [0.25, 0.3) is 10.8 Å². The molecule has 0 radical (unpaired) electrons. The molecule has 0 bridgehead atoms. The van der Waals surface area contributed by atoms with Crippen molar-refractivity contribution in [3.63, 3.8) is 0 Å². The van der Waals surface area contributed by atoms with E-state index in [1.54, 1.807) is 24.3 Å². The van der Waals surface area contributed by atoms with Crippen molar-refractivity contribution in [3.05, 3.63) is 76.9 Å². The van der Waals surface area contributed by atoms with Gasteiger partial charge in [0, 0.05) is 11.5 Å². The number of hydrogen-bond acceptors (Lipinski definition) is 5. The van der Waals surface area contributed by atoms with Crippen molar-refractivity contribution in [3.8, 4) is 17.7 Å². The zero-order valence-corrected chi connectivity index (χ0v) is 20.8. The third-order valence-corrected chi connectivity index (χ3v) is 5.84. The molecule has 0 aliphatic carbocycles. The summed E-state index contributed by atoms with van der Waals surface area (Å²) in [7, 11) is 0. The van der Waals surface area contributed by atoms with Crippen molar-refractivity contribution in [2.45, 2.75) is 33.3 Å². The Morgan fingerprint density at radius 3 is 2.47 bits per heavy atom. The molecule has 3 atom stereocenters. The van der Waals surface area contributed by atoms with E-state index >= 15 is 0 Å². The third-order valence-electron chi connectivity index (χ3n) is 5.59. The smallest absolute Gasteiger partial charge is 0.311 e. The van der Waals surface area contributed by atoms with Crippen LogP contribution < -0.4 is 4.74 Å². The van der Waals surface area contributed by atoms with E-state index in [4.69, 9.17) is 32.7 Å². The average molecular weight is 497 g/mol. The van der Waals surface area contributed by atoms with Crippen LogP contribution >= 0.6 is 23.2 Å². The first-order chi connectivity index (χ1) is 16.3. The van der Waals surface area contributed by atoms with Crippen molar-refractivity contribution in [2.24, 2.45) is 17.8 Å². The van der Waals surface area contributed by atoms with Gasteiger partial charge in [0.15, 0.2) is 0 Å². The number of benzene rings is 2. The lowest BCUT2D eigenvalue weighted by atomic mass is 9.82. The largest absolute Gasteiger partial charge is 0.440 e. The molecule has 3 unspecified atom stereocenters. The zero-order valence-electron chi connectivity index (χ0n) is 19.2. The molecule has 0 aliphatic heterocycles. The Balaban J connectivity index is 1.83. The first-order valence-corrected chi connectivity index (χ1v) is 11.8. The van der Waals surface area contributed by atoms with Crippen LogP contribution in [0.2, 0.25) is 0 Å². The molecule has 0 saturated heterocycles. The molecule has 3 rings (SSSR count). The fourth-order valence-electron chi connectivity index (χ4n) is 3.96. The second kappa shape index (κ2) is 11.9. The maximum absolute atomic E-state index is 13.1. The fraction of sp³-hybridized carbons (Fsp3) is 0.296. The van der Waals surface area contributed by atoms with Gasteiger partial charge in [0.25, 0.3) is 0 Å². The lowest BCUT2D eigenvalue weighted by molar-refractivity contribution is -0.155. The van der Waals surface area contributed by atoms with E-state index in [0.29, 0.717) is 18.1 Å². The third kappa shape index (κ3) is 6.28. The van der Waals surface area contributed by atoms with Crippen LogP contribution in [0.3, 0.4) is 0 Å². The highest BCUT2D eigenvalue weighted by Crippen LogP contribution is 2.32. The molecule has 1 heterocycles. The minimum absolute atomic E-state index is 0.0466. The highest BCUT2D eigenvalue weighted by molar-refractivity contribution is 6.55. The number of carbonyl (C=O) groups excluding carboxylic acids is 1. The number of rotatable bonds is 9. The van der Waals surface area contributed by atoms with Crippen LogP contribution in [0.15, 0.2) is 71.2 Å². The van der Waals surface area contributed by atoms with E-state index < -0.39 is 18.0 Å². The summed E-state index contributed by atoms with van der Waals surface area (Å²) in [4.78, 5) is 17.5. The molecule has 0 aliphatic rings. The summed E-state index contributed by atoms with van der Waals surface area (Å²) in [6.07, 6.45) is 1.11. The number of hydrogen-bond donors (Lipinski definition) is 0. The van der Waals surface area contributed by atoms with Crippen LogP contribution in [0, 0.1) is 29.1 Å². The molecular formula is C27H26Cl2N2O3. The Morgan fingerprint density at radius 1 is 1.09 bits per heavy atom. The molecule has 0 amide bonds. The maximum atomic E-state index is 13.1. The molecule has 176 valence electrons. The van der Waals surface area contributed by atoms with Crippen LogP contribution in [-0.4, -0.2) is 11.0 Å². The summed E-state index contributed by atoms with van der Waals surface area (Å²) in [5.74, 6) is -0.331. The number of aromatic nitrogens is 1. The van der Waals surface area contributed by atoms with Crippen LogP contribution in [0.5, 0.6) is 11.6 Å². The number of carbonyl (C=O) groups is 1. The molecule has 7 heteroatoms. The summed E-state index contributed by atoms with van der Waals surface area (Å²) in [5.41, 5.74) is 0.287. The number of pyridine rings is 1. The van der Waals surface area contributed by atoms with Gasteiger partial charge in [-0.2, -0.15) is 5.26 Å². The summed E-state index contributed by atoms with van der Waals surface area (Å²) < 4.78 is 11.7. The highest BCUT2D eigenvalue weighted by Gasteiger charge is 2.33. The maximum Gasteiger partial charge on any atom is 0.311 e. The van der Waals surface area contributed by atoms with E-state index in [1.165, 1.54) is 0 Å². The molecule has 34 heavy (non-hydrogen) atoms. The average Bonchev–Trinajstić information content (AvgIpc) is 2.82. The summed E-state index contributed by atoms with van der Waals surface area (Å²) in [6, 6.07) is 20.7. The topological polar surface area (TPSA) is 72.2 Å². The number of fused-ring (bicyclic) bond motifs is 1. The molecule has 1 aromatic heterocycles. The van der Waals surface area contributed by atoms with Crippen molar-refractivity contribution in [2.75, 3.05) is 0 Å². The summed E-state index contributed by atoms with van der Waals surface area (Å²) in [6.45, 7) is 5.78. The second-order valence-corrected chi connectivity index (χ2v) is 9.23. The van der Waals surface area contributed by atoms with Crippen molar-refractivity contribution in [1.82, 2.24) is 4.98 Å². The molecular weight excluding hydrogens is 471 g/mol. The van der Waals surface area contributed by atoms with Crippen molar-refractivity contribution < 1.29 is 14.3 Å². The quantitative estimate of drug-likeness (QED) is 0.283. The molecule has 5 nitrogen and oxygen atoms in total. The minimum atomic E-state index is -1.18. The first-order valence-electron chi connectivity index (χ1n) is 11.1. The number of ether oxygens (including phenoxy) is 2. The molecule has 0 fully saturated rings. The van der Waals surface area contributed by atoms with Crippen molar-refractivity contribution >= 4 is 39.9 Å². The summed E-state index contributed by atoms with van der Waals surface area (Å²) >= 11 is 11.7. The van der Waals surface area contributed by atoms with Gasteiger partial charge in [0.2, 0.25) is 12.0 Å². The van der Waals surface area contributed by atoms with Crippen molar-refractivity contribution in [1.29, 1.82) is 5.26 Å². The Labute approximate surface area is 209 Å². The van der Waals surface area contributed by atoms with Gasteiger partial charge in [-0.1, -0.05) is 92.5 Å². The normalized spacial score (nSPS) is 13.6. The van der Waals surface area contributed by atoms with E-state index in [9.17, 15) is 10.1 Å². The lowest BCUT2D eigenvalue weighted by Gasteiger charge is -2.26. The molecule has 0 spiro atoms. The highest BCUT2D eigenvalue weighted by atomic mass is 35.5. The molecule has 0 saturated carbocycles. The second-order valence-electron chi connectivity index (χ2n) is 8.22. The SMILES string of the molecule is CCC(C=C(Cl)Cl)C(C(=O)OC(C#N)c1cccc(Oc2cccc3ccccc23)n1)C(C)C. The fourth-order valence-corrected chi connectivity index (χ4v) is 4.28. The number of esters is 1. The van der Waals surface area contributed by atoms with E-state index in [2.05, 4.69) is 4.98 Å². The minimum Gasteiger partial charge on any atom is -0.440 e. The van der Waals surface area contributed by atoms with E-state index in [0.717, 1.165) is 10.8 Å². The predicted molar refractivity (Wildman–Crippen MR) is 135 cm³/mol. The van der Waals surface area contributed by atoms with Gasteiger partial charge in [-0.25, -0.2) is 4.98 Å². The summed E-state index contributed by atoms with van der Waals surface area (Å²) in [5, 5.41) is 11.7. The van der Waals surface area contributed by atoms with E-state index in [1.807, 2.05) is 69.3 Å². The lowest BCUT2D eigenvalue weighted by Crippen LogP contribution is -2.30. The standard InChI is InChI=1S/C27H26Cl2N2O3/c1-4-18(15-24(28)29)26(17(2)3)27(32)34-23(16-30)21-12-8-14-25(31-21)33-22-13-7-10-19-9-5-6-11-20(19)22/h5-15,17-18,23,26H,4H2,1-3H3. The van der Waals surface area contributed by atoms with E-state index in [-0.39, 0.29) is 22.0 Å². The van der Waals surface area contributed by atoms with Gasteiger partial charge in [-0.05, 0) is 35.8 Å². The monoisotopic (exact) mass is 496 g/mol. The van der Waals surface area contributed by atoms with Gasteiger partial charge in [-0.15, -0.1) is 0 Å². The van der Waals surface area contributed by atoms with Gasteiger partial charge < -0.3 is 9.47 Å². The Morgan fingerprint density at radius 2 is 1.79 bits per heavy atom. The molecule has 0 N–H and O–H groups in total. The van der Waals surface area contributed by atoms with Crippen LogP contribution in [-0.2, 0) is 9.53 Å². The Kier molecular flexibility index (Phi) is 8.92. The van der Waals surface area contributed by atoms with Gasteiger partial charge in [-0.3, -0.25) is 4.79 Å². The number of halogens is 2. The number of nitriles is 1. The number of allylic oxidation sites excluding steroid dienone is 1. The molecule has 2 aromatic carbocycles. The van der Waals surface area contributed by atoms with Gasteiger partial charge >= 0.3 is 5.97 Å².